The summed E-state index contributed by atoms with van der Waals surface area (Å²) in [6, 6.07) is 4.31. The van der Waals surface area contributed by atoms with E-state index in [0.29, 0.717) is 26.2 Å². The Bertz CT molecular complexity index is 692. The van der Waals surface area contributed by atoms with E-state index in [2.05, 4.69) is 5.32 Å². The summed E-state index contributed by atoms with van der Waals surface area (Å²) in [5.74, 6) is -0.258. The van der Waals surface area contributed by atoms with Crippen LogP contribution in [-0.4, -0.2) is 59.9 Å². The van der Waals surface area contributed by atoms with Gasteiger partial charge >= 0.3 is 6.18 Å². The van der Waals surface area contributed by atoms with Crippen LogP contribution in [0, 0.1) is 0 Å². The summed E-state index contributed by atoms with van der Waals surface area (Å²) in [6.07, 6.45) is -0.0295. The summed E-state index contributed by atoms with van der Waals surface area (Å²) in [7, 11) is 0. The highest BCUT2D eigenvalue weighted by atomic mass is 19.4. The van der Waals surface area contributed by atoms with Gasteiger partial charge in [0.05, 0.1) is 11.6 Å². The Balaban J connectivity index is 1.51. The first-order chi connectivity index (χ1) is 13.3. The van der Waals surface area contributed by atoms with Crippen molar-refractivity contribution >= 4 is 11.8 Å². The first kappa shape index (κ1) is 20.6. The molecule has 1 aliphatic heterocycles. The molecular weight excluding hydrogens is 371 g/mol. The second-order valence-electron chi connectivity index (χ2n) is 7.57. The minimum atomic E-state index is -4.41. The van der Waals surface area contributed by atoms with Crippen molar-refractivity contribution in [2.45, 2.75) is 50.9 Å². The number of amides is 2. The van der Waals surface area contributed by atoms with Crippen LogP contribution in [0.5, 0.6) is 0 Å². The number of piperazine rings is 1. The highest BCUT2D eigenvalue weighted by Gasteiger charge is 2.32. The maximum Gasteiger partial charge on any atom is 0.416 e. The molecule has 0 aromatic heterocycles. The lowest BCUT2D eigenvalue weighted by atomic mass is 10.1. The van der Waals surface area contributed by atoms with Crippen LogP contribution >= 0.6 is 0 Å². The van der Waals surface area contributed by atoms with E-state index in [9.17, 15) is 22.8 Å². The van der Waals surface area contributed by atoms with Gasteiger partial charge in [0.15, 0.2) is 0 Å². The number of hydrogen-bond acceptors (Lipinski definition) is 3. The van der Waals surface area contributed by atoms with Crippen LogP contribution < -0.4 is 5.32 Å². The molecule has 1 N–H and O–H groups in total. The molecule has 0 bridgehead atoms. The number of rotatable bonds is 4. The molecule has 1 atom stereocenters. The molecular formula is C20H26F3N3O2. The molecule has 0 radical (unpaired) electrons. The molecule has 3 rings (SSSR count). The Hall–Kier alpha value is -2.09. The Morgan fingerprint density at radius 1 is 1.04 bits per heavy atom. The van der Waals surface area contributed by atoms with Crippen LogP contribution in [0.1, 0.15) is 48.5 Å². The smallest absolute Gasteiger partial charge is 0.352 e. The van der Waals surface area contributed by atoms with Gasteiger partial charge in [-0.2, -0.15) is 13.2 Å². The molecule has 0 spiro atoms. The first-order valence-electron chi connectivity index (χ1n) is 9.76. The van der Waals surface area contributed by atoms with Crippen molar-refractivity contribution in [2.75, 3.05) is 26.2 Å². The van der Waals surface area contributed by atoms with Gasteiger partial charge in [0.1, 0.15) is 0 Å². The molecule has 1 aliphatic carbocycles. The fourth-order valence-electron chi connectivity index (χ4n) is 3.85. The highest BCUT2D eigenvalue weighted by molar-refractivity contribution is 5.94. The fraction of sp³-hybridized carbons (Fsp3) is 0.600. The van der Waals surface area contributed by atoms with Crippen LogP contribution in [0.15, 0.2) is 24.3 Å². The van der Waals surface area contributed by atoms with Gasteiger partial charge in [-0.25, -0.2) is 0 Å². The molecule has 1 unspecified atom stereocenters. The number of nitrogens with one attached hydrogen (secondary N) is 1. The van der Waals surface area contributed by atoms with E-state index < -0.39 is 11.7 Å². The van der Waals surface area contributed by atoms with Crippen LogP contribution in [0.2, 0.25) is 0 Å². The zero-order valence-electron chi connectivity index (χ0n) is 16.0. The summed E-state index contributed by atoms with van der Waals surface area (Å²) in [6.45, 7) is 3.89. The number of carbonyl (C=O) groups excluding carboxylic acids is 2. The molecule has 8 heteroatoms. The van der Waals surface area contributed by atoms with E-state index in [1.165, 1.54) is 12.1 Å². The normalized spacial score (nSPS) is 20.2. The van der Waals surface area contributed by atoms with Crippen molar-refractivity contribution in [1.29, 1.82) is 0 Å². The van der Waals surface area contributed by atoms with Crippen LogP contribution in [0.3, 0.4) is 0 Å². The van der Waals surface area contributed by atoms with E-state index in [1.807, 2.05) is 11.8 Å². The summed E-state index contributed by atoms with van der Waals surface area (Å²) in [5, 5.41) is 3.10. The van der Waals surface area contributed by atoms with E-state index in [1.54, 1.807) is 4.90 Å². The summed E-state index contributed by atoms with van der Waals surface area (Å²) >= 11 is 0. The molecule has 2 amide bonds. The number of nitrogens with zero attached hydrogens (tertiary/aromatic N) is 2. The first-order valence-corrected chi connectivity index (χ1v) is 9.76. The minimum Gasteiger partial charge on any atom is -0.352 e. The van der Waals surface area contributed by atoms with Crippen molar-refractivity contribution in [3.05, 3.63) is 35.4 Å². The summed E-state index contributed by atoms with van der Waals surface area (Å²) < 4.78 is 38.0. The molecule has 2 aliphatic rings. The predicted octanol–water partition coefficient (Wildman–Crippen LogP) is 2.91. The van der Waals surface area contributed by atoms with Crippen molar-refractivity contribution < 1.29 is 22.8 Å². The van der Waals surface area contributed by atoms with Gasteiger partial charge in [-0.3, -0.25) is 14.5 Å². The van der Waals surface area contributed by atoms with Crippen molar-refractivity contribution in [3.63, 3.8) is 0 Å². The minimum absolute atomic E-state index is 0.0226. The van der Waals surface area contributed by atoms with Gasteiger partial charge in [0.25, 0.3) is 5.91 Å². The standard InChI is InChI=1S/C20H26F3N3O2/c1-14(18(27)24-17-4-2-3-5-17)25-10-12-26(13-11-25)19(28)15-6-8-16(9-7-15)20(21,22)23/h6-9,14,17H,2-5,10-13H2,1H3,(H,24,27). The van der Waals surface area contributed by atoms with Gasteiger partial charge in [0.2, 0.25) is 5.91 Å². The lowest BCUT2D eigenvalue weighted by molar-refractivity contribution is -0.137. The van der Waals surface area contributed by atoms with Crippen molar-refractivity contribution in [2.24, 2.45) is 0 Å². The Morgan fingerprint density at radius 3 is 2.14 bits per heavy atom. The number of hydrogen-bond donors (Lipinski definition) is 1. The topological polar surface area (TPSA) is 52.7 Å². The SMILES string of the molecule is CC(C(=O)NC1CCCC1)N1CCN(C(=O)c2ccc(C(F)(F)F)cc2)CC1. The maximum absolute atomic E-state index is 12.7. The van der Waals surface area contributed by atoms with Crippen molar-refractivity contribution in [1.82, 2.24) is 15.1 Å². The van der Waals surface area contributed by atoms with Gasteiger partial charge < -0.3 is 10.2 Å². The largest absolute Gasteiger partial charge is 0.416 e. The fourth-order valence-corrected chi connectivity index (χ4v) is 3.85. The number of halogens is 3. The maximum atomic E-state index is 12.7. The molecule has 1 saturated heterocycles. The third-order valence-electron chi connectivity index (χ3n) is 5.69. The number of alkyl halides is 3. The lowest BCUT2D eigenvalue weighted by Crippen LogP contribution is -2.55. The van der Waals surface area contributed by atoms with Crippen LogP contribution in [0.4, 0.5) is 13.2 Å². The van der Waals surface area contributed by atoms with Gasteiger partial charge in [-0.1, -0.05) is 12.8 Å². The predicted molar refractivity (Wildman–Crippen MR) is 98.8 cm³/mol. The quantitative estimate of drug-likeness (QED) is 0.850. The monoisotopic (exact) mass is 397 g/mol. The summed E-state index contributed by atoms with van der Waals surface area (Å²) in [4.78, 5) is 28.6. The highest BCUT2D eigenvalue weighted by Crippen LogP contribution is 2.29. The van der Waals surface area contributed by atoms with Crippen LogP contribution in [-0.2, 0) is 11.0 Å². The average molecular weight is 397 g/mol. The van der Waals surface area contributed by atoms with Gasteiger partial charge in [0, 0.05) is 37.8 Å². The Labute approximate surface area is 162 Å². The Kier molecular flexibility index (Phi) is 6.27. The van der Waals surface area contributed by atoms with Gasteiger partial charge in [-0.05, 0) is 44.0 Å². The summed E-state index contributed by atoms with van der Waals surface area (Å²) in [5.41, 5.74) is -0.524. The van der Waals surface area contributed by atoms with E-state index >= 15 is 0 Å². The lowest BCUT2D eigenvalue weighted by Gasteiger charge is -2.37. The zero-order chi connectivity index (χ0) is 20.3. The molecule has 1 saturated carbocycles. The second-order valence-corrected chi connectivity index (χ2v) is 7.57. The molecule has 1 heterocycles. The second kappa shape index (κ2) is 8.51. The van der Waals surface area contributed by atoms with Crippen molar-refractivity contribution in [3.8, 4) is 0 Å². The van der Waals surface area contributed by atoms with E-state index in [-0.39, 0.29) is 29.5 Å². The molecule has 1 aromatic carbocycles. The molecule has 2 fully saturated rings. The van der Waals surface area contributed by atoms with Gasteiger partial charge in [-0.15, -0.1) is 0 Å². The third kappa shape index (κ3) is 4.84. The van der Waals surface area contributed by atoms with E-state index in [0.717, 1.165) is 37.8 Å². The molecule has 1 aromatic rings. The molecule has 28 heavy (non-hydrogen) atoms. The zero-order valence-corrected chi connectivity index (χ0v) is 16.0. The van der Waals surface area contributed by atoms with Crippen LogP contribution in [0.25, 0.3) is 0 Å². The third-order valence-corrected chi connectivity index (χ3v) is 5.69. The molecule has 5 nitrogen and oxygen atoms in total. The number of carbonyl (C=O) groups is 2. The Morgan fingerprint density at radius 2 is 1.61 bits per heavy atom. The molecule has 154 valence electrons. The number of benzene rings is 1. The van der Waals surface area contributed by atoms with E-state index in [4.69, 9.17) is 0 Å². The average Bonchev–Trinajstić information content (AvgIpc) is 3.19.